The number of carbonyl (C=O) groups is 1. The first kappa shape index (κ1) is 17.0. The van der Waals surface area contributed by atoms with Gasteiger partial charge in [-0.05, 0) is 37.1 Å². The lowest BCUT2D eigenvalue weighted by molar-refractivity contribution is 0.0481. The van der Waals surface area contributed by atoms with E-state index in [0.717, 1.165) is 11.3 Å². The number of aromatic nitrogens is 1. The van der Waals surface area contributed by atoms with Crippen molar-refractivity contribution in [2.24, 2.45) is 0 Å². The van der Waals surface area contributed by atoms with Crippen LogP contribution in [0, 0.1) is 0 Å². The molecule has 0 radical (unpaired) electrons. The number of nitrogens with zero attached hydrogens (tertiary/aromatic N) is 1. The Bertz CT molecular complexity index is 646. The average Bonchev–Trinajstić information content (AvgIpc) is 2.99. The Kier molecular flexibility index (Phi) is 5.76. The van der Waals surface area contributed by atoms with E-state index in [1.165, 1.54) is 0 Å². The molecule has 0 saturated carbocycles. The van der Waals surface area contributed by atoms with Gasteiger partial charge in [-0.15, -0.1) is 0 Å². The molecule has 0 bridgehead atoms. The van der Waals surface area contributed by atoms with Crippen molar-refractivity contribution < 1.29 is 23.4 Å². The maximum absolute atomic E-state index is 11.8. The van der Waals surface area contributed by atoms with Crippen molar-refractivity contribution in [3.8, 4) is 17.1 Å². The molecule has 6 nitrogen and oxygen atoms in total. The van der Waals surface area contributed by atoms with Gasteiger partial charge in [0.1, 0.15) is 5.75 Å². The summed E-state index contributed by atoms with van der Waals surface area (Å²) in [6, 6.07) is 7.33. The Morgan fingerprint density at radius 2 is 1.96 bits per heavy atom. The molecule has 0 aliphatic heterocycles. The summed E-state index contributed by atoms with van der Waals surface area (Å²) in [6.45, 7) is 6.19. The first-order chi connectivity index (χ1) is 11.1. The summed E-state index contributed by atoms with van der Waals surface area (Å²) in [5, 5.41) is 0. The van der Waals surface area contributed by atoms with Gasteiger partial charge in [0.15, 0.2) is 12.6 Å². The fourth-order valence-electron chi connectivity index (χ4n) is 2.04. The second-order valence-electron chi connectivity index (χ2n) is 5.18. The van der Waals surface area contributed by atoms with E-state index >= 15 is 0 Å². The number of carbonyl (C=O) groups excluding carboxylic acids is 1. The first-order valence-electron chi connectivity index (χ1n) is 7.46. The van der Waals surface area contributed by atoms with E-state index in [9.17, 15) is 4.79 Å². The van der Waals surface area contributed by atoms with E-state index in [1.807, 2.05) is 38.1 Å². The molecule has 1 aromatic heterocycles. The van der Waals surface area contributed by atoms with Crippen molar-refractivity contribution in [2.75, 3.05) is 20.5 Å². The molecule has 0 aliphatic rings. The largest absolute Gasteiger partial charge is 0.468 e. The van der Waals surface area contributed by atoms with Gasteiger partial charge in [-0.2, -0.15) is 0 Å². The first-order valence-corrected chi connectivity index (χ1v) is 7.46. The minimum atomic E-state index is -0.555. The highest BCUT2D eigenvalue weighted by molar-refractivity contribution is 5.85. The van der Waals surface area contributed by atoms with Crippen LogP contribution in [-0.2, 0) is 9.47 Å². The van der Waals surface area contributed by atoms with Crippen LogP contribution >= 0.6 is 0 Å². The van der Waals surface area contributed by atoms with Gasteiger partial charge >= 0.3 is 11.9 Å². The van der Waals surface area contributed by atoms with Gasteiger partial charge in [-0.1, -0.05) is 13.8 Å². The van der Waals surface area contributed by atoms with E-state index in [1.54, 1.807) is 14.0 Å². The third kappa shape index (κ3) is 4.10. The van der Waals surface area contributed by atoms with Gasteiger partial charge in [-0.3, -0.25) is 0 Å². The molecule has 0 unspecified atom stereocenters. The summed E-state index contributed by atoms with van der Waals surface area (Å²) in [4.78, 5) is 16.1. The molecule has 0 N–H and O–H groups in total. The van der Waals surface area contributed by atoms with E-state index in [2.05, 4.69) is 4.98 Å². The topological polar surface area (TPSA) is 70.8 Å². The van der Waals surface area contributed by atoms with Crippen molar-refractivity contribution in [1.82, 2.24) is 4.98 Å². The molecular formula is C17H21NO5. The molecule has 0 spiro atoms. The Morgan fingerprint density at radius 1 is 1.26 bits per heavy atom. The van der Waals surface area contributed by atoms with Crippen LogP contribution < -0.4 is 4.74 Å². The lowest BCUT2D eigenvalue weighted by Crippen LogP contribution is -2.05. The molecule has 0 aliphatic carbocycles. The average molecular weight is 319 g/mol. The number of oxazole rings is 1. The lowest BCUT2D eigenvalue weighted by atomic mass is 10.0. The summed E-state index contributed by atoms with van der Waals surface area (Å²) in [5.74, 6) is 0.792. The van der Waals surface area contributed by atoms with Gasteiger partial charge in [0.25, 0.3) is 0 Å². The molecule has 124 valence electrons. The zero-order valence-corrected chi connectivity index (χ0v) is 13.8. The van der Waals surface area contributed by atoms with Crippen molar-refractivity contribution in [2.45, 2.75) is 26.7 Å². The van der Waals surface area contributed by atoms with Crippen LogP contribution in [0.2, 0.25) is 0 Å². The third-order valence-electron chi connectivity index (χ3n) is 3.11. The van der Waals surface area contributed by atoms with Gasteiger partial charge in [0.2, 0.25) is 0 Å². The fourth-order valence-corrected chi connectivity index (χ4v) is 2.04. The van der Waals surface area contributed by atoms with Gasteiger partial charge < -0.3 is 18.6 Å². The standard InChI is InChI=1S/C17H21NO5/c1-5-21-17(19)16-18-14(11(2)3)15(23-16)12-6-8-13(9-7-12)22-10-20-4/h6-9,11H,5,10H2,1-4H3. The molecular weight excluding hydrogens is 298 g/mol. The normalized spacial score (nSPS) is 10.8. The second kappa shape index (κ2) is 7.78. The van der Waals surface area contributed by atoms with E-state index in [4.69, 9.17) is 18.6 Å². The molecule has 2 aromatic rings. The Morgan fingerprint density at radius 3 is 2.52 bits per heavy atom. The number of rotatable bonds is 7. The smallest absolute Gasteiger partial charge is 0.394 e. The maximum Gasteiger partial charge on any atom is 0.394 e. The van der Waals surface area contributed by atoms with Crippen LogP contribution in [0.3, 0.4) is 0 Å². The van der Waals surface area contributed by atoms with Crippen LogP contribution in [0.15, 0.2) is 28.7 Å². The molecule has 0 saturated heterocycles. The molecule has 6 heteroatoms. The van der Waals surface area contributed by atoms with Gasteiger partial charge in [0.05, 0.1) is 12.3 Å². The molecule has 1 heterocycles. The monoisotopic (exact) mass is 319 g/mol. The number of benzene rings is 1. The quantitative estimate of drug-likeness (QED) is 0.573. The highest BCUT2D eigenvalue weighted by atomic mass is 16.7. The van der Waals surface area contributed by atoms with Crippen LogP contribution in [0.5, 0.6) is 5.75 Å². The Hall–Kier alpha value is -2.34. The number of esters is 1. The van der Waals surface area contributed by atoms with Crippen molar-refractivity contribution in [3.05, 3.63) is 35.9 Å². The van der Waals surface area contributed by atoms with Crippen LogP contribution in [0.25, 0.3) is 11.3 Å². The summed E-state index contributed by atoms with van der Waals surface area (Å²) in [7, 11) is 1.56. The van der Waals surface area contributed by atoms with E-state index in [0.29, 0.717) is 11.5 Å². The number of hydrogen-bond acceptors (Lipinski definition) is 6. The van der Waals surface area contributed by atoms with Crippen molar-refractivity contribution >= 4 is 5.97 Å². The predicted octanol–water partition coefficient (Wildman–Crippen LogP) is 3.62. The summed E-state index contributed by atoms with van der Waals surface area (Å²) < 4.78 is 20.8. The summed E-state index contributed by atoms with van der Waals surface area (Å²) >= 11 is 0. The zero-order valence-electron chi connectivity index (χ0n) is 13.8. The minimum absolute atomic E-state index is 0.0229. The van der Waals surface area contributed by atoms with E-state index < -0.39 is 5.97 Å². The molecule has 0 fully saturated rings. The highest BCUT2D eigenvalue weighted by Crippen LogP contribution is 2.31. The van der Waals surface area contributed by atoms with Gasteiger partial charge in [-0.25, -0.2) is 9.78 Å². The SMILES string of the molecule is CCOC(=O)c1nc(C(C)C)c(-c2ccc(OCOC)cc2)o1. The second-order valence-corrected chi connectivity index (χ2v) is 5.18. The maximum atomic E-state index is 11.8. The van der Waals surface area contributed by atoms with Crippen LogP contribution in [0.1, 0.15) is 43.1 Å². The number of hydrogen-bond donors (Lipinski definition) is 0. The summed E-state index contributed by atoms with van der Waals surface area (Å²) in [6.07, 6.45) is 0. The van der Waals surface area contributed by atoms with Crippen LogP contribution in [0.4, 0.5) is 0 Å². The molecule has 1 aromatic carbocycles. The van der Waals surface area contributed by atoms with Crippen LogP contribution in [-0.4, -0.2) is 31.5 Å². The lowest BCUT2D eigenvalue weighted by Gasteiger charge is -2.06. The summed E-state index contributed by atoms with van der Waals surface area (Å²) in [5.41, 5.74) is 1.54. The van der Waals surface area contributed by atoms with Crippen molar-refractivity contribution in [3.63, 3.8) is 0 Å². The fraction of sp³-hybridized carbons (Fsp3) is 0.412. The van der Waals surface area contributed by atoms with Gasteiger partial charge in [0, 0.05) is 12.7 Å². The molecule has 0 atom stereocenters. The number of methoxy groups -OCH3 is 1. The van der Waals surface area contributed by atoms with E-state index in [-0.39, 0.29) is 25.2 Å². The minimum Gasteiger partial charge on any atom is -0.468 e. The molecule has 23 heavy (non-hydrogen) atoms. The highest BCUT2D eigenvalue weighted by Gasteiger charge is 2.22. The molecule has 2 rings (SSSR count). The Balaban J connectivity index is 2.31. The molecule has 0 amide bonds. The third-order valence-corrected chi connectivity index (χ3v) is 3.11. The zero-order chi connectivity index (χ0) is 16.8. The predicted molar refractivity (Wildman–Crippen MR) is 84.5 cm³/mol. The number of ether oxygens (including phenoxy) is 3. The van der Waals surface area contributed by atoms with Crippen molar-refractivity contribution in [1.29, 1.82) is 0 Å². The Labute approximate surface area is 135 Å².